The third kappa shape index (κ3) is 3.97. The molecular weight excluding hydrogens is 176 g/mol. The summed E-state index contributed by atoms with van der Waals surface area (Å²) in [5.74, 6) is 0.644. The molecule has 1 rings (SSSR count). The topological polar surface area (TPSA) is 18.5 Å². The van der Waals surface area contributed by atoms with Crippen LogP contribution in [0.5, 0.6) is 0 Å². The molecule has 2 atom stereocenters. The molecule has 0 aromatic heterocycles. The minimum Gasteiger partial charge on any atom is -0.381 e. The average Bonchev–Trinajstić information content (AvgIpc) is 2.25. The Hall–Kier alpha value is -0.0800. The van der Waals surface area contributed by atoms with Crippen LogP contribution in [0.15, 0.2) is 0 Å². The summed E-state index contributed by atoms with van der Waals surface area (Å²) < 4.78 is 11.1. The second-order valence-electron chi connectivity index (χ2n) is 4.25. The Morgan fingerprint density at radius 3 is 2.71 bits per heavy atom. The summed E-state index contributed by atoms with van der Waals surface area (Å²) in [5.41, 5.74) is 0. The highest BCUT2D eigenvalue weighted by molar-refractivity contribution is 4.75. The first-order valence-corrected chi connectivity index (χ1v) is 5.99. The zero-order valence-corrected chi connectivity index (χ0v) is 9.63. The molecule has 0 radical (unpaired) electrons. The second-order valence-corrected chi connectivity index (χ2v) is 4.25. The molecular formula is C12H24O2. The third-order valence-corrected chi connectivity index (χ3v) is 3.12. The maximum Gasteiger partial charge on any atom is 0.0621 e. The molecule has 1 aliphatic carbocycles. The summed E-state index contributed by atoms with van der Waals surface area (Å²) in [6.45, 7) is 4.02. The largest absolute Gasteiger partial charge is 0.381 e. The maximum absolute atomic E-state index is 5.67. The molecule has 0 saturated heterocycles. The van der Waals surface area contributed by atoms with Gasteiger partial charge in [0.1, 0.15) is 0 Å². The number of hydrogen-bond donors (Lipinski definition) is 0. The van der Waals surface area contributed by atoms with Gasteiger partial charge >= 0.3 is 0 Å². The molecule has 0 heterocycles. The van der Waals surface area contributed by atoms with Crippen LogP contribution in [0, 0.1) is 5.92 Å². The van der Waals surface area contributed by atoms with Crippen LogP contribution in [-0.2, 0) is 9.47 Å². The SMILES string of the molecule is CCCCOCC1CCCCC1OC. The Balaban J connectivity index is 2.13. The lowest BCUT2D eigenvalue weighted by Crippen LogP contribution is -2.30. The fourth-order valence-corrected chi connectivity index (χ4v) is 2.16. The number of methoxy groups -OCH3 is 1. The number of unbranched alkanes of at least 4 members (excludes halogenated alkanes) is 1. The molecule has 0 aromatic carbocycles. The lowest BCUT2D eigenvalue weighted by atomic mass is 9.87. The highest BCUT2D eigenvalue weighted by atomic mass is 16.5. The van der Waals surface area contributed by atoms with Crippen molar-refractivity contribution in [1.29, 1.82) is 0 Å². The Labute approximate surface area is 88.0 Å². The van der Waals surface area contributed by atoms with Crippen molar-refractivity contribution < 1.29 is 9.47 Å². The van der Waals surface area contributed by atoms with E-state index >= 15 is 0 Å². The summed E-state index contributed by atoms with van der Waals surface area (Å²) in [7, 11) is 1.83. The van der Waals surface area contributed by atoms with E-state index < -0.39 is 0 Å². The molecule has 1 fully saturated rings. The van der Waals surface area contributed by atoms with Gasteiger partial charge in [0.15, 0.2) is 0 Å². The number of hydrogen-bond acceptors (Lipinski definition) is 2. The summed E-state index contributed by atoms with van der Waals surface area (Å²) in [6.07, 6.45) is 8.03. The predicted octanol–water partition coefficient (Wildman–Crippen LogP) is 3.01. The molecule has 0 amide bonds. The van der Waals surface area contributed by atoms with Gasteiger partial charge in [0.2, 0.25) is 0 Å². The molecule has 1 saturated carbocycles. The van der Waals surface area contributed by atoms with Crippen molar-refractivity contribution in [3.8, 4) is 0 Å². The normalized spacial score (nSPS) is 27.9. The monoisotopic (exact) mass is 200 g/mol. The second kappa shape index (κ2) is 7.24. The van der Waals surface area contributed by atoms with E-state index in [1.165, 1.54) is 38.5 Å². The molecule has 1 aliphatic rings. The molecule has 0 aliphatic heterocycles. The molecule has 0 N–H and O–H groups in total. The minimum absolute atomic E-state index is 0.449. The Kier molecular flexibility index (Phi) is 6.20. The van der Waals surface area contributed by atoms with Gasteiger partial charge in [-0.25, -0.2) is 0 Å². The lowest BCUT2D eigenvalue weighted by Gasteiger charge is -2.30. The van der Waals surface area contributed by atoms with Gasteiger partial charge < -0.3 is 9.47 Å². The summed E-state index contributed by atoms with van der Waals surface area (Å²) >= 11 is 0. The summed E-state index contributed by atoms with van der Waals surface area (Å²) in [6, 6.07) is 0. The van der Waals surface area contributed by atoms with Crippen molar-refractivity contribution >= 4 is 0 Å². The molecule has 2 heteroatoms. The van der Waals surface area contributed by atoms with Crippen LogP contribution >= 0.6 is 0 Å². The van der Waals surface area contributed by atoms with Gasteiger partial charge in [-0.2, -0.15) is 0 Å². The van der Waals surface area contributed by atoms with Crippen LogP contribution in [0.4, 0.5) is 0 Å². The Morgan fingerprint density at radius 2 is 2.00 bits per heavy atom. The van der Waals surface area contributed by atoms with E-state index in [1.807, 2.05) is 7.11 Å². The standard InChI is InChI=1S/C12H24O2/c1-3-4-9-14-10-11-7-5-6-8-12(11)13-2/h11-12H,3-10H2,1-2H3. The predicted molar refractivity (Wildman–Crippen MR) is 58.5 cm³/mol. The first-order valence-electron chi connectivity index (χ1n) is 5.99. The van der Waals surface area contributed by atoms with Crippen molar-refractivity contribution in [3.63, 3.8) is 0 Å². The molecule has 2 unspecified atom stereocenters. The van der Waals surface area contributed by atoms with Crippen molar-refractivity contribution in [2.45, 2.75) is 51.6 Å². The van der Waals surface area contributed by atoms with Gasteiger partial charge in [-0.3, -0.25) is 0 Å². The average molecular weight is 200 g/mol. The van der Waals surface area contributed by atoms with Gasteiger partial charge in [-0.05, 0) is 19.3 Å². The highest BCUT2D eigenvalue weighted by Gasteiger charge is 2.24. The molecule has 2 nitrogen and oxygen atoms in total. The first kappa shape index (κ1) is 12.0. The summed E-state index contributed by atoms with van der Waals surface area (Å²) in [4.78, 5) is 0. The van der Waals surface area contributed by atoms with E-state index in [2.05, 4.69) is 6.92 Å². The van der Waals surface area contributed by atoms with Crippen molar-refractivity contribution in [2.24, 2.45) is 5.92 Å². The number of ether oxygens (including phenoxy) is 2. The van der Waals surface area contributed by atoms with Crippen LogP contribution in [0.1, 0.15) is 45.4 Å². The fraction of sp³-hybridized carbons (Fsp3) is 1.00. The van der Waals surface area contributed by atoms with Crippen LogP contribution in [0.25, 0.3) is 0 Å². The van der Waals surface area contributed by atoms with Gasteiger partial charge in [0.05, 0.1) is 12.7 Å². The van der Waals surface area contributed by atoms with Crippen molar-refractivity contribution in [3.05, 3.63) is 0 Å². The van der Waals surface area contributed by atoms with E-state index in [0.29, 0.717) is 12.0 Å². The van der Waals surface area contributed by atoms with Crippen molar-refractivity contribution in [2.75, 3.05) is 20.3 Å². The van der Waals surface area contributed by atoms with E-state index in [1.54, 1.807) is 0 Å². The Bertz CT molecular complexity index is 136. The zero-order valence-electron chi connectivity index (χ0n) is 9.63. The molecule has 84 valence electrons. The lowest BCUT2D eigenvalue weighted by molar-refractivity contribution is -0.0206. The Morgan fingerprint density at radius 1 is 1.21 bits per heavy atom. The fourth-order valence-electron chi connectivity index (χ4n) is 2.16. The maximum atomic E-state index is 5.67. The van der Waals surface area contributed by atoms with Crippen LogP contribution in [0.2, 0.25) is 0 Å². The van der Waals surface area contributed by atoms with E-state index in [0.717, 1.165) is 13.2 Å². The van der Waals surface area contributed by atoms with E-state index in [9.17, 15) is 0 Å². The minimum atomic E-state index is 0.449. The quantitative estimate of drug-likeness (QED) is 0.614. The molecule has 14 heavy (non-hydrogen) atoms. The first-order chi connectivity index (χ1) is 6.88. The van der Waals surface area contributed by atoms with E-state index in [4.69, 9.17) is 9.47 Å². The van der Waals surface area contributed by atoms with Crippen LogP contribution in [0.3, 0.4) is 0 Å². The van der Waals surface area contributed by atoms with Crippen LogP contribution in [-0.4, -0.2) is 26.4 Å². The number of rotatable bonds is 6. The van der Waals surface area contributed by atoms with Gasteiger partial charge in [0.25, 0.3) is 0 Å². The van der Waals surface area contributed by atoms with Crippen LogP contribution < -0.4 is 0 Å². The van der Waals surface area contributed by atoms with Crippen molar-refractivity contribution in [1.82, 2.24) is 0 Å². The van der Waals surface area contributed by atoms with Gasteiger partial charge in [-0.15, -0.1) is 0 Å². The zero-order chi connectivity index (χ0) is 10.2. The highest BCUT2D eigenvalue weighted by Crippen LogP contribution is 2.26. The van der Waals surface area contributed by atoms with Gasteiger partial charge in [-0.1, -0.05) is 26.2 Å². The molecule has 0 aromatic rings. The third-order valence-electron chi connectivity index (χ3n) is 3.12. The smallest absolute Gasteiger partial charge is 0.0621 e. The van der Waals surface area contributed by atoms with E-state index in [-0.39, 0.29) is 0 Å². The van der Waals surface area contributed by atoms with Gasteiger partial charge in [0, 0.05) is 19.6 Å². The summed E-state index contributed by atoms with van der Waals surface area (Å²) in [5, 5.41) is 0. The molecule has 0 bridgehead atoms. The molecule has 0 spiro atoms.